The minimum atomic E-state index is -0.552. The zero-order chi connectivity index (χ0) is 17.7. The zero-order valence-corrected chi connectivity index (χ0v) is 13.9. The van der Waals surface area contributed by atoms with E-state index in [1.54, 1.807) is 12.1 Å². The number of esters is 1. The molecule has 128 valence electrons. The molecule has 0 spiro atoms. The molecule has 0 N–H and O–H groups in total. The molecule has 1 aromatic rings. The molecule has 1 aliphatic heterocycles. The molecule has 1 fully saturated rings. The van der Waals surface area contributed by atoms with Crippen LogP contribution in [0.25, 0.3) is 0 Å². The van der Waals surface area contributed by atoms with Crippen molar-refractivity contribution in [3.05, 3.63) is 33.9 Å². The maximum Gasteiger partial charge on any atom is 0.306 e. The van der Waals surface area contributed by atoms with Crippen molar-refractivity contribution in [3.63, 3.8) is 0 Å². The van der Waals surface area contributed by atoms with Crippen LogP contribution in [0, 0.1) is 27.4 Å². The van der Waals surface area contributed by atoms with E-state index in [0.717, 1.165) is 25.1 Å². The van der Waals surface area contributed by atoms with Gasteiger partial charge in [-0.05, 0) is 44.7 Å². The van der Waals surface area contributed by atoms with Gasteiger partial charge in [-0.1, -0.05) is 0 Å². The Hall–Kier alpha value is -2.62. The first kappa shape index (κ1) is 17.7. The van der Waals surface area contributed by atoms with E-state index >= 15 is 0 Å². The Balaban J connectivity index is 2.08. The van der Waals surface area contributed by atoms with Gasteiger partial charge >= 0.3 is 5.97 Å². The number of rotatable bonds is 5. The van der Waals surface area contributed by atoms with E-state index in [1.807, 2.05) is 19.9 Å². The van der Waals surface area contributed by atoms with Gasteiger partial charge in [-0.3, -0.25) is 14.9 Å². The van der Waals surface area contributed by atoms with E-state index in [-0.39, 0.29) is 29.2 Å². The van der Waals surface area contributed by atoms with Gasteiger partial charge in [0, 0.05) is 24.8 Å². The van der Waals surface area contributed by atoms with E-state index in [2.05, 4.69) is 4.90 Å². The topological polar surface area (TPSA) is 96.5 Å². The predicted octanol–water partition coefficient (Wildman–Crippen LogP) is 3.02. The molecule has 1 unspecified atom stereocenters. The number of nitriles is 1. The fourth-order valence-corrected chi connectivity index (χ4v) is 2.98. The monoisotopic (exact) mass is 331 g/mol. The van der Waals surface area contributed by atoms with Crippen LogP contribution in [0.3, 0.4) is 0 Å². The van der Waals surface area contributed by atoms with Crippen LogP contribution in [0.5, 0.6) is 0 Å². The molecule has 1 aromatic carbocycles. The molecule has 1 heterocycles. The number of ether oxygens (including phenoxy) is 1. The fraction of sp³-hybridized carbons (Fsp3) is 0.529. The molecule has 0 bridgehead atoms. The number of carbonyl (C=O) groups is 1. The van der Waals surface area contributed by atoms with Crippen molar-refractivity contribution >= 4 is 17.3 Å². The number of piperidine rings is 1. The molecular weight excluding hydrogens is 310 g/mol. The highest BCUT2D eigenvalue weighted by atomic mass is 16.6. The lowest BCUT2D eigenvalue weighted by molar-refractivity contribution is -0.385. The third-order valence-electron chi connectivity index (χ3n) is 4.00. The highest BCUT2D eigenvalue weighted by Gasteiger charge is 2.24. The van der Waals surface area contributed by atoms with Crippen LogP contribution >= 0.6 is 0 Å². The summed E-state index contributed by atoms with van der Waals surface area (Å²) in [5.74, 6) is -0.0102. The van der Waals surface area contributed by atoms with Gasteiger partial charge in [-0.25, -0.2) is 0 Å². The second kappa shape index (κ2) is 7.77. The molecule has 1 saturated heterocycles. The first-order valence-corrected chi connectivity index (χ1v) is 8.03. The Kier molecular flexibility index (Phi) is 5.74. The van der Waals surface area contributed by atoms with E-state index in [1.165, 1.54) is 6.07 Å². The summed E-state index contributed by atoms with van der Waals surface area (Å²) >= 11 is 0. The van der Waals surface area contributed by atoms with E-state index in [9.17, 15) is 14.9 Å². The highest BCUT2D eigenvalue weighted by molar-refractivity contribution is 5.70. The number of nitro benzene ring substituents is 1. The summed E-state index contributed by atoms with van der Waals surface area (Å²) in [5, 5.41) is 20.0. The van der Waals surface area contributed by atoms with Crippen LogP contribution in [0.2, 0.25) is 0 Å². The van der Waals surface area contributed by atoms with Crippen molar-refractivity contribution in [1.29, 1.82) is 5.26 Å². The van der Waals surface area contributed by atoms with Crippen molar-refractivity contribution in [2.24, 2.45) is 5.92 Å². The van der Waals surface area contributed by atoms with Crippen LogP contribution in [0.4, 0.5) is 11.4 Å². The van der Waals surface area contributed by atoms with Gasteiger partial charge in [-0.15, -0.1) is 0 Å². The second-order valence-corrected chi connectivity index (χ2v) is 6.27. The minimum absolute atomic E-state index is 0.0545. The van der Waals surface area contributed by atoms with E-state index in [4.69, 9.17) is 10.00 Å². The van der Waals surface area contributed by atoms with Crippen LogP contribution in [-0.4, -0.2) is 30.1 Å². The van der Waals surface area contributed by atoms with Crippen LogP contribution in [0.15, 0.2) is 18.2 Å². The third kappa shape index (κ3) is 4.44. The quantitative estimate of drug-likeness (QED) is 0.467. The van der Waals surface area contributed by atoms with Crippen molar-refractivity contribution in [1.82, 2.24) is 0 Å². The van der Waals surface area contributed by atoms with Gasteiger partial charge in [0.05, 0.1) is 17.4 Å². The normalized spacial score (nSPS) is 17.4. The highest BCUT2D eigenvalue weighted by Crippen LogP contribution is 2.29. The summed E-state index contributed by atoms with van der Waals surface area (Å²) in [7, 11) is 0. The molecule has 0 aliphatic carbocycles. The second-order valence-electron chi connectivity index (χ2n) is 6.27. The van der Waals surface area contributed by atoms with Crippen LogP contribution in [-0.2, 0) is 9.53 Å². The Morgan fingerprint density at radius 1 is 1.54 bits per heavy atom. The molecule has 0 amide bonds. The van der Waals surface area contributed by atoms with Crippen molar-refractivity contribution < 1.29 is 14.5 Å². The average Bonchev–Trinajstić information content (AvgIpc) is 2.53. The van der Waals surface area contributed by atoms with E-state index in [0.29, 0.717) is 13.0 Å². The predicted molar refractivity (Wildman–Crippen MR) is 88.6 cm³/mol. The number of nitrogens with zero attached hydrogens (tertiary/aromatic N) is 3. The molecule has 7 heteroatoms. The zero-order valence-electron chi connectivity index (χ0n) is 13.9. The molecule has 0 saturated carbocycles. The molecule has 24 heavy (non-hydrogen) atoms. The lowest BCUT2D eigenvalue weighted by Gasteiger charge is -2.34. The molecule has 0 radical (unpaired) electrons. The van der Waals surface area contributed by atoms with Crippen molar-refractivity contribution in [2.45, 2.75) is 39.2 Å². The molecule has 1 aliphatic rings. The SMILES string of the molecule is CC(C)OC(=O)CC1CCCN(c2ccc([N+](=O)[O-])c(C#N)c2)C1. The lowest BCUT2D eigenvalue weighted by Crippen LogP contribution is -2.36. The number of benzene rings is 1. The standard InChI is InChI=1S/C17H21N3O4/c1-12(2)24-17(21)8-13-4-3-7-19(11-13)15-5-6-16(20(22)23)14(9-15)10-18/h5-6,9,12-13H,3-4,7-8,11H2,1-2H3. The number of nitro groups is 1. The molecule has 0 aromatic heterocycles. The first-order chi connectivity index (χ1) is 11.4. The largest absolute Gasteiger partial charge is 0.463 e. The molecular formula is C17H21N3O4. The summed E-state index contributed by atoms with van der Waals surface area (Å²) in [6.45, 7) is 5.13. The average molecular weight is 331 g/mol. The molecule has 2 rings (SSSR count). The number of carbonyl (C=O) groups excluding carboxylic acids is 1. The summed E-state index contributed by atoms with van der Waals surface area (Å²) in [6, 6.07) is 6.45. The summed E-state index contributed by atoms with van der Waals surface area (Å²) in [4.78, 5) is 24.3. The van der Waals surface area contributed by atoms with Gasteiger partial charge in [0.2, 0.25) is 0 Å². The van der Waals surface area contributed by atoms with Gasteiger partial charge in [0.15, 0.2) is 0 Å². The first-order valence-electron chi connectivity index (χ1n) is 8.03. The Morgan fingerprint density at radius 2 is 2.29 bits per heavy atom. The number of hydrogen-bond acceptors (Lipinski definition) is 6. The maximum atomic E-state index is 11.8. The summed E-state index contributed by atoms with van der Waals surface area (Å²) < 4.78 is 5.20. The Bertz CT molecular complexity index is 666. The smallest absolute Gasteiger partial charge is 0.306 e. The lowest BCUT2D eigenvalue weighted by atomic mass is 9.94. The van der Waals surface area contributed by atoms with Crippen molar-refractivity contribution in [2.75, 3.05) is 18.0 Å². The van der Waals surface area contributed by atoms with Gasteiger partial charge in [0.1, 0.15) is 11.6 Å². The van der Waals surface area contributed by atoms with Crippen LogP contribution in [0.1, 0.15) is 38.7 Å². The summed E-state index contributed by atoms with van der Waals surface area (Å²) in [6.07, 6.45) is 2.12. The fourth-order valence-electron chi connectivity index (χ4n) is 2.98. The number of anilines is 1. The van der Waals surface area contributed by atoms with Crippen molar-refractivity contribution in [3.8, 4) is 6.07 Å². The minimum Gasteiger partial charge on any atom is -0.463 e. The molecule has 1 atom stereocenters. The Labute approximate surface area is 141 Å². The number of hydrogen-bond donors (Lipinski definition) is 0. The summed E-state index contributed by atoms with van der Waals surface area (Å²) in [5.41, 5.74) is 0.647. The van der Waals surface area contributed by atoms with Gasteiger partial charge in [0.25, 0.3) is 5.69 Å². The maximum absolute atomic E-state index is 11.8. The molecule has 7 nitrogen and oxygen atoms in total. The van der Waals surface area contributed by atoms with E-state index < -0.39 is 4.92 Å². The Morgan fingerprint density at radius 3 is 2.92 bits per heavy atom. The van der Waals surface area contributed by atoms with Gasteiger partial charge in [-0.2, -0.15) is 5.26 Å². The van der Waals surface area contributed by atoms with Crippen LogP contribution < -0.4 is 4.90 Å². The third-order valence-corrected chi connectivity index (χ3v) is 4.00. The van der Waals surface area contributed by atoms with Gasteiger partial charge < -0.3 is 9.64 Å².